The maximum atomic E-state index is 12.0. The Morgan fingerprint density at radius 1 is 1.46 bits per heavy atom. The second kappa shape index (κ2) is 3.19. The summed E-state index contributed by atoms with van der Waals surface area (Å²) in [5, 5.41) is 3.38. The van der Waals surface area contributed by atoms with Crippen molar-refractivity contribution in [2.24, 2.45) is 5.73 Å². The molecule has 74 valence electrons. The second-order valence-corrected chi connectivity index (χ2v) is 2.91. The molecule has 4 nitrogen and oxygen atoms in total. The highest BCUT2D eigenvalue weighted by Gasteiger charge is 2.45. The molecular weight excluding hydrogens is 204 g/mol. The van der Waals surface area contributed by atoms with Crippen LogP contribution in [0.15, 0.2) is 4.52 Å². The summed E-state index contributed by atoms with van der Waals surface area (Å²) in [7, 11) is 0. The van der Waals surface area contributed by atoms with Crippen LogP contribution >= 0.6 is 12.4 Å². The van der Waals surface area contributed by atoms with E-state index in [0.717, 1.165) is 12.8 Å². The molecule has 0 spiro atoms. The average molecular weight is 212 g/mol. The van der Waals surface area contributed by atoms with E-state index < -0.39 is 17.9 Å². The van der Waals surface area contributed by atoms with Gasteiger partial charge in [-0.25, -0.2) is 0 Å². The van der Waals surface area contributed by atoms with Crippen LogP contribution in [0.3, 0.4) is 0 Å². The zero-order valence-corrected chi connectivity index (χ0v) is 7.35. The lowest BCUT2D eigenvalue weighted by Crippen LogP contribution is -2.20. The standard InChI is InChI=1S/C6H7F2N3O.ClH/c7-3(8)4-10-5(11-12-4)6(9)1-2-6;/h3H,1-2,9H2;1H. The number of rotatable bonds is 2. The van der Waals surface area contributed by atoms with Gasteiger partial charge < -0.3 is 10.3 Å². The highest BCUT2D eigenvalue weighted by Crippen LogP contribution is 2.41. The summed E-state index contributed by atoms with van der Waals surface area (Å²) in [4.78, 5) is 3.49. The number of aromatic nitrogens is 2. The Bertz CT molecular complexity index is 300. The molecule has 13 heavy (non-hydrogen) atoms. The predicted molar refractivity (Wildman–Crippen MR) is 41.6 cm³/mol. The van der Waals surface area contributed by atoms with Crippen molar-refractivity contribution in [3.05, 3.63) is 11.7 Å². The average Bonchev–Trinajstić information content (AvgIpc) is 2.61. The molecule has 2 N–H and O–H groups in total. The Hall–Kier alpha value is -0.750. The van der Waals surface area contributed by atoms with Crippen LogP contribution < -0.4 is 5.73 Å². The number of hydrogen-bond donors (Lipinski definition) is 1. The molecule has 2 rings (SSSR count). The van der Waals surface area contributed by atoms with E-state index in [-0.39, 0.29) is 18.2 Å². The molecule has 0 unspecified atom stereocenters. The lowest BCUT2D eigenvalue weighted by molar-refractivity contribution is 0.106. The third-order valence-corrected chi connectivity index (χ3v) is 1.86. The van der Waals surface area contributed by atoms with Crippen LogP contribution in [0.4, 0.5) is 8.78 Å². The third-order valence-electron chi connectivity index (χ3n) is 1.86. The molecule has 0 amide bonds. The van der Waals surface area contributed by atoms with E-state index >= 15 is 0 Å². The van der Waals surface area contributed by atoms with Crippen molar-refractivity contribution in [1.29, 1.82) is 0 Å². The second-order valence-electron chi connectivity index (χ2n) is 2.91. The number of hydrogen-bond acceptors (Lipinski definition) is 4. The van der Waals surface area contributed by atoms with E-state index in [1.54, 1.807) is 0 Å². The molecule has 1 saturated carbocycles. The van der Waals surface area contributed by atoms with Gasteiger partial charge in [0, 0.05) is 0 Å². The molecule has 0 atom stereocenters. The van der Waals surface area contributed by atoms with Crippen molar-refractivity contribution < 1.29 is 13.3 Å². The van der Waals surface area contributed by atoms with Gasteiger partial charge in [0.2, 0.25) is 0 Å². The summed E-state index contributed by atoms with van der Waals surface area (Å²) in [6.45, 7) is 0. The maximum Gasteiger partial charge on any atom is 0.315 e. The number of halogens is 3. The first kappa shape index (κ1) is 10.3. The quantitative estimate of drug-likeness (QED) is 0.803. The zero-order chi connectivity index (χ0) is 8.77. The van der Waals surface area contributed by atoms with Crippen LogP contribution in [0.2, 0.25) is 0 Å². The van der Waals surface area contributed by atoms with Crippen molar-refractivity contribution >= 4 is 12.4 Å². The normalized spacial score (nSPS) is 18.5. The lowest BCUT2D eigenvalue weighted by Gasteiger charge is -1.97. The minimum absolute atomic E-state index is 0. The Kier molecular flexibility index (Phi) is 2.53. The minimum Gasteiger partial charge on any atom is -0.333 e. The van der Waals surface area contributed by atoms with E-state index in [2.05, 4.69) is 14.7 Å². The summed E-state index contributed by atoms with van der Waals surface area (Å²) in [5.41, 5.74) is 5.05. The van der Waals surface area contributed by atoms with Gasteiger partial charge >= 0.3 is 6.43 Å². The zero-order valence-electron chi connectivity index (χ0n) is 6.54. The van der Waals surface area contributed by atoms with Crippen molar-refractivity contribution in [3.63, 3.8) is 0 Å². The topological polar surface area (TPSA) is 64.9 Å². The number of nitrogens with zero attached hydrogens (tertiary/aromatic N) is 2. The van der Waals surface area contributed by atoms with E-state index in [0.29, 0.717) is 0 Å². The van der Waals surface area contributed by atoms with Crippen LogP contribution in [0, 0.1) is 0 Å². The van der Waals surface area contributed by atoms with E-state index in [1.165, 1.54) is 0 Å². The Morgan fingerprint density at radius 3 is 2.46 bits per heavy atom. The van der Waals surface area contributed by atoms with Gasteiger partial charge in [-0.05, 0) is 12.8 Å². The van der Waals surface area contributed by atoms with Gasteiger partial charge in [-0.1, -0.05) is 5.16 Å². The summed E-state index contributed by atoms with van der Waals surface area (Å²) >= 11 is 0. The molecule has 0 aliphatic heterocycles. The molecular formula is C6H8ClF2N3O. The van der Waals surface area contributed by atoms with Gasteiger partial charge in [0.05, 0.1) is 5.54 Å². The fourth-order valence-corrected chi connectivity index (χ4v) is 0.884. The molecule has 1 aliphatic carbocycles. The van der Waals surface area contributed by atoms with E-state index in [4.69, 9.17) is 5.73 Å². The SMILES string of the molecule is Cl.NC1(c2noc(C(F)F)n2)CC1. The molecule has 0 bridgehead atoms. The summed E-state index contributed by atoms with van der Waals surface area (Å²) in [6, 6.07) is 0. The van der Waals surface area contributed by atoms with Crippen molar-refractivity contribution in [2.75, 3.05) is 0 Å². The lowest BCUT2D eigenvalue weighted by atomic mass is 10.3. The predicted octanol–water partition coefficient (Wildman–Crippen LogP) is 1.38. The molecule has 0 radical (unpaired) electrons. The first-order chi connectivity index (χ1) is 5.62. The fraction of sp³-hybridized carbons (Fsp3) is 0.667. The molecule has 1 fully saturated rings. The monoisotopic (exact) mass is 211 g/mol. The van der Waals surface area contributed by atoms with Crippen LogP contribution in [-0.4, -0.2) is 10.1 Å². The van der Waals surface area contributed by atoms with Crippen LogP contribution in [0.1, 0.15) is 31.0 Å². The molecule has 1 aromatic rings. The summed E-state index contributed by atoms with van der Waals surface area (Å²) in [5.74, 6) is -0.459. The van der Waals surface area contributed by atoms with Gasteiger partial charge in [-0.2, -0.15) is 13.8 Å². The van der Waals surface area contributed by atoms with Gasteiger partial charge in [-0.15, -0.1) is 12.4 Å². The molecule has 1 aliphatic rings. The van der Waals surface area contributed by atoms with Crippen molar-refractivity contribution in [2.45, 2.75) is 24.8 Å². The van der Waals surface area contributed by atoms with Crippen molar-refractivity contribution in [3.8, 4) is 0 Å². The van der Waals surface area contributed by atoms with Gasteiger partial charge in [0.15, 0.2) is 5.82 Å². The number of nitrogens with two attached hydrogens (primary N) is 1. The summed E-state index contributed by atoms with van der Waals surface area (Å²) in [6.07, 6.45) is -1.25. The highest BCUT2D eigenvalue weighted by molar-refractivity contribution is 5.85. The minimum atomic E-state index is -2.71. The largest absolute Gasteiger partial charge is 0.333 e. The summed E-state index contributed by atoms with van der Waals surface area (Å²) < 4.78 is 28.2. The highest BCUT2D eigenvalue weighted by atomic mass is 35.5. The van der Waals surface area contributed by atoms with E-state index in [1.807, 2.05) is 0 Å². The first-order valence-electron chi connectivity index (χ1n) is 3.53. The van der Waals surface area contributed by atoms with Crippen LogP contribution in [0.25, 0.3) is 0 Å². The van der Waals surface area contributed by atoms with Crippen LogP contribution in [-0.2, 0) is 5.54 Å². The van der Waals surface area contributed by atoms with Crippen LogP contribution in [0.5, 0.6) is 0 Å². The first-order valence-corrected chi connectivity index (χ1v) is 3.53. The fourth-order valence-electron chi connectivity index (χ4n) is 0.884. The smallest absolute Gasteiger partial charge is 0.315 e. The Balaban J connectivity index is 0.000000845. The molecule has 7 heteroatoms. The third kappa shape index (κ3) is 1.78. The van der Waals surface area contributed by atoms with Gasteiger partial charge in [-0.3, -0.25) is 0 Å². The van der Waals surface area contributed by atoms with Gasteiger partial charge in [0.25, 0.3) is 5.89 Å². The molecule has 1 aromatic heterocycles. The van der Waals surface area contributed by atoms with Gasteiger partial charge in [0.1, 0.15) is 0 Å². The molecule has 0 aromatic carbocycles. The Morgan fingerprint density at radius 2 is 2.08 bits per heavy atom. The molecule has 1 heterocycles. The van der Waals surface area contributed by atoms with Crippen molar-refractivity contribution in [1.82, 2.24) is 10.1 Å². The van der Waals surface area contributed by atoms with E-state index in [9.17, 15) is 8.78 Å². The molecule has 0 saturated heterocycles. The Labute approximate surface area is 78.9 Å². The maximum absolute atomic E-state index is 12.0. The number of alkyl halides is 2.